The normalized spacial score (nSPS) is 11.7. The van der Waals surface area contributed by atoms with Crippen LogP contribution in [0.4, 0.5) is 13.6 Å². The van der Waals surface area contributed by atoms with Gasteiger partial charge in [-0.3, -0.25) is 5.01 Å². The highest BCUT2D eigenvalue weighted by molar-refractivity contribution is 7.80. The predicted octanol–water partition coefficient (Wildman–Crippen LogP) is 3.88. The van der Waals surface area contributed by atoms with E-state index in [1.54, 1.807) is 20.8 Å². The van der Waals surface area contributed by atoms with Gasteiger partial charge in [0, 0.05) is 11.6 Å². The van der Waals surface area contributed by atoms with Gasteiger partial charge < -0.3 is 10.1 Å². The Labute approximate surface area is 152 Å². The Hall–Kier alpha value is -1.96. The Kier molecular flexibility index (Phi) is 6.70. The Morgan fingerprint density at radius 2 is 1.64 bits per heavy atom. The van der Waals surface area contributed by atoms with Gasteiger partial charge in [-0.15, -0.1) is 0 Å². The third kappa shape index (κ3) is 8.62. The van der Waals surface area contributed by atoms with Crippen molar-refractivity contribution in [3.05, 3.63) is 35.4 Å². The summed E-state index contributed by atoms with van der Waals surface area (Å²) in [6.07, 6.45) is -0.720. The van der Waals surface area contributed by atoms with E-state index in [1.165, 1.54) is 17.1 Å². The lowest BCUT2D eigenvalue weighted by atomic mass is 10.1. The largest absolute Gasteiger partial charge is 0.443 e. The van der Waals surface area contributed by atoms with Gasteiger partial charge in [0.25, 0.3) is 0 Å². The molecule has 8 heteroatoms. The molecule has 0 heterocycles. The van der Waals surface area contributed by atoms with E-state index in [2.05, 4.69) is 10.7 Å². The third-order valence-corrected chi connectivity index (χ3v) is 2.94. The summed E-state index contributed by atoms with van der Waals surface area (Å²) in [6, 6.07) is 3.12. The SMILES string of the molecule is CC(C)(C)NC(=S)N(Cc1cc(F)cc(F)c1)NC(=O)OC(C)(C)C. The first-order valence-electron chi connectivity index (χ1n) is 7.79. The molecule has 0 bridgehead atoms. The third-order valence-electron chi connectivity index (χ3n) is 2.62. The monoisotopic (exact) mass is 373 g/mol. The van der Waals surface area contributed by atoms with Crippen molar-refractivity contribution < 1.29 is 18.3 Å². The van der Waals surface area contributed by atoms with Crippen LogP contribution in [-0.2, 0) is 11.3 Å². The van der Waals surface area contributed by atoms with Crippen molar-refractivity contribution in [1.29, 1.82) is 0 Å². The smallest absolute Gasteiger partial charge is 0.426 e. The van der Waals surface area contributed by atoms with Crippen molar-refractivity contribution in [2.75, 3.05) is 0 Å². The van der Waals surface area contributed by atoms with Gasteiger partial charge in [-0.25, -0.2) is 19.0 Å². The molecule has 0 aliphatic heterocycles. The number of benzene rings is 1. The van der Waals surface area contributed by atoms with Crippen molar-refractivity contribution in [2.24, 2.45) is 0 Å². The van der Waals surface area contributed by atoms with Crippen LogP contribution in [0.3, 0.4) is 0 Å². The minimum atomic E-state index is -0.720. The first kappa shape index (κ1) is 21.1. The molecule has 0 unspecified atom stereocenters. The first-order valence-corrected chi connectivity index (χ1v) is 8.20. The maximum absolute atomic E-state index is 13.4. The Morgan fingerprint density at radius 1 is 1.12 bits per heavy atom. The summed E-state index contributed by atoms with van der Waals surface area (Å²) >= 11 is 5.31. The van der Waals surface area contributed by atoms with Gasteiger partial charge in [0.05, 0.1) is 6.54 Å². The summed E-state index contributed by atoms with van der Waals surface area (Å²) in [4.78, 5) is 12.1. The summed E-state index contributed by atoms with van der Waals surface area (Å²) in [5.74, 6) is -1.41. The molecule has 0 fully saturated rings. The minimum absolute atomic E-state index is 0.0319. The average molecular weight is 373 g/mol. The molecule has 2 N–H and O–H groups in total. The van der Waals surface area contributed by atoms with E-state index in [0.29, 0.717) is 5.56 Å². The van der Waals surface area contributed by atoms with Gasteiger partial charge in [0.1, 0.15) is 17.2 Å². The quantitative estimate of drug-likeness (QED) is 0.609. The molecule has 25 heavy (non-hydrogen) atoms. The van der Waals surface area contributed by atoms with Crippen molar-refractivity contribution in [2.45, 2.75) is 59.2 Å². The Bertz CT molecular complexity index is 620. The molecular weight excluding hydrogens is 348 g/mol. The highest BCUT2D eigenvalue weighted by Crippen LogP contribution is 2.12. The summed E-state index contributed by atoms with van der Waals surface area (Å²) in [7, 11) is 0. The maximum atomic E-state index is 13.4. The number of amides is 1. The van der Waals surface area contributed by atoms with Gasteiger partial charge in [-0.1, -0.05) is 0 Å². The molecule has 1 amide bonds. The van der Waals surface area contributed by atoms with E-state index < -0.39 is 23.3 Å². The molecule has 1 aromatic carbocycles. The van der Waals surface area contributed by atoms with Crippen LogP contribution in [0, 0.1) is 11.6 Å². The number of thiocarbonyl (C=S) groups is 1. The number of carbonyl (C=O) groups is 1. The lowest BCUT2D eigenvalue weighted by Gasteiger charge is -2.32. The summed E-state index contributed by atoms with van der Waals surface area (Å²) in [5.41, 5.74) is 1.76. The molecule has 0 aliphatic rings. The molecule has 0 aromatic heterocycles. The molecule has 0 spiro atoms. The average Bonchev–Trinajstić information content (AvgIpc) is 2.31. The van der Waals surface area contributed by atoms with Crippen molar-refractivity contribution in [3.8, 4) is 0 Å². The van der Waals surface area contributed by atoms with E-state index in [0.717, 1.165) is 6.07 Å². The first-order chi connectivity index (χ1) is 11.2. The van der Waals surface area contributed by atoms with Gasteiger partial charge in [-0.05, 0) is 71.5 Å². The minimum Gasteiger partial charge on any atom is -0.443 e. The fourth-order valence-electron chi connectivity index (χ4n) is 1.85. The zero-order chi connectivity index (χ0) is 19.4. The van der Waals surface area contributed by atoms with Crippen LogP contribution in [0.1, 0.15) is 47.1 Å². The number of halogens is 2. The second-order valence-corrected chi connectivity index (χ2v) is 8.04. The molecule has 0 atom stereocenters. The highest BCUT2D eigenvalue weighted by atomic mass is 32.1. The summed E-state index contributed by atoms with van der Waals surface area (Å²) in [5, 5.41) is 4.51. The van der Waals surface area contributed by atoms with E-state index in [4.69, 9.17) is 17.0 Å². The van der Waals surface area contributed by atoms with Crippen LogP contribution >= 0.6 is 12.2 Å². The zero-order valence-corrected chi connectivity index (χ0v) is 16.2. The van der Waals surface area contributed by atoms with Crippen LogP contribution in [0.5, 0.6) is 0 Å². The standard InChI is InChI=1S/C17H25F2N3O2S/c1-16(2,3)20-14(25)22(21-15(23)24-17(4,5)6)10-11-7-12(18)9-13(19)8-11/h7-9H,10H2,1-6H3,(H,20,25)(H,21,23). The molecule has 1 rings (SSSR count). The second kappa shape index (κ2) is 7.95. The molecule has 5 nitrogen and oxygen atoms in total. The van der Waals surface area contributed by atoms with E-state index in [1.807, 2.05) is 20.8 Å². The number of nitrogens with zero attached hydrogens (tertiary/aromatic N) is 1. The maximum Gasteiger partial charge on any atom is 0.426 e. The van der Waals surface area contributed by atoms with Crippen LogP contribution in [-0.4, -0.2) is 27.4 Å². The Morgan fingerprint density at radius 3 is 2.08 bits per heavy atom. The van der Waals surface area contributed by atoms with Crippen LogP contribution in [0.15, 0.2) is 18.2 Å². The summed E-state index contributed by atoms with van der Waals surface area (Å²) < 4.78 is 32.0. The number of hydrogen-bond donors (Lipinski definition) is 2. The van der Waals surface area contributed by atoms with Gasteiger partial charge in [0.15, 0.2) is 5.11 Å². The topological polar surface area (TPSA) is 53.6 Å². The van der Waals surface area contributed by atoms with Crippen LogP contribution in [0.25, 0.3) is 0 Å². The molecule has 0 aliphatic carbocycles. The molecular formula is C17H25F2N3O2S. The fourth-order valence-corrected chi connectivity index (χ4v) is 2.26. The predicted molar refractivity (Wildman–Crippen MR) is 96.8 cm³/mol. The lowest BCUT2D eigenvalue weighted by molar-refractivity contribution is 0.0407. The van der Waals surface area contributed by atoms with Crippen LogP contribution in [0.2, 0.25) is 0 Å². The van der Waals surface area contributed by atoms with Crippen molar-refractivity contribution >= 4 is 23.4 Å². The number of rotatable bonds is 2. The van der Waals surface area contributed by atoms with Gasteiger partial charge in [0.2, 0.25) is 0 Å². The molecule has 1 aromatic rings. The van der Waals surface area contributed by atoms with Crippen molar-refractivity contribution in [1.82, 2.24) is 15.8 Å². The second-order valence-electron chi connectivity index (χ2n) is 7.66. The number of ether oxygens (including phenoxy) is 1. The number of hydrazine groups is 1. The fraction of sp³-hybridized carbons (Fsp3) is 0.529. The molecule has 0 saturated heterocycles. The molecule has 0 saturated carbocycles. The number of carbonyl (C=O) groups excluding carboxylic acids is 1. The lowest BCUT2D eigenvalue weighted by Crippen LogP contribution is -2.55. The zero-order valence-electron chi connectivity index (χ0n) is 15.4. The van der Waals surface area contributed by atoms with Crippen LogP contribution < -0.4 is 10.7 Å². The highest BCUT2D eigenvalue weighted by Gasteiger charge is 2.22. The number of hydrogen-bond acceptors (Lipinski definition) is 3. The Balaban J connectivity index is 2.97. The van der Waals surface area contributed by atoms with Gasteiger partial charge >= 0.3 is 6.09 Å². The van der Waals surface area contributed by atoms with Crippen molar-refractivity contribution in [3.63, 3.8) is 0 Å². The number of nitrogens with one attached hydrogen (secondary N) is 2. The van der Waals surface area contributed by atoms with E-state index in [-0.39, 0.29) is 17.2 Å². The van der Waals surface area contributed by atoms with Gasteiger partial charge in [-0.2, -0.15) is 0 Å². The van der Waals surface area contributed by atoms with E-state index in [9.17, 15) is 13.6 Å². The molecule has 0 radical (unpaired) electrons. The summed E-state index contributed by atoms with van der Waals surface area (Å²) in [6.45, 7) is 10.8. The van der Waals surface area contributed by atoms with E-state index >= 15 is 0 Å². The molecule has 140 valence electrons.